The number of benzene rings is 3. The third-order valence-corrected chi connectivity index (χ3v) is 6.53. The van der Waals surface area contributed by atoms with Crippen LogP contribution < -0.4 is 29.0 Å². The predicted octanol–water partition coefficient (Wildman–Crippen LogP) is 5.52. The van der Waals surface area contributed by atoms with Crippen LogP contribution in [0.3, 0.4) is 0 Å². The van der Waals surface area contributed by atoms with Crippen LogP contribution in [0.15, 0.2) is 48.5 Å². The summed E-state index contributed by atoms with van der Waals surface area (Å²) in [6, 6.07) is 10.0. The molecule has 12 heteroatoms. The van der Waals surface area contributed by atoms with Gasteiger partial charge in [0.05, 0.1) is 38.7 Å². The molecule has 0 aliphatic heterocycles. The smallest absolute Gasteiger partial charge is 0.264 e. The lowest BCUT2D eigenvalue weighted by Crippen LogP contribution is -2.20. The molecule has 3 aromatic carbocycles. The monoisotopic (exact) mass is 570 g/mol. The van der Waals surface area contributed by atoms with Crippen molar-refractivity contribution in [2.45, 2.75) is 0 Å². The van der Waals surface area contributed by atoms with E-state index in [-0.39, 0.29) is 22.2 Å². The van der Waals surface area contributed by atoms with Crippen LogP contribution >= 0.6 is 11.3 Å². The van der Waals surface area contributed by atoms with Crippen LogP contribution in [0, 0.1) is 11.6 Å². The highest BCUT2D eigenvalue weighted by Crippen LogP contribution is 2.38. The second kappa shape index (κ2) is 12.4. The lowest BCUT2D eigenvalue weighted by molar-refractivity contribution is -0.118. The lowest BCUT2D eigenvalue weighted by Gasteiger charge is -2.13. The zero-order valence-electron chi connectivity index (χ0n) is 21.9. The lowest BCUT2D eigenvalue weighted by atomic mass is 10.1. The molecule has 0 unspecified atom stereocenters. The van der Waals surface area contributed by atoms with E-state index in [1.165, 1.54) is 34.5 Å². The second-order valence-electron chi connectivity index (χ2n) is 8.11. The van der Waals surface area contributed by atoms with Crippen LogP contribution in [-0.2, 0) is 4.79 Å². The van der Waals surface area contributed by atoms with Gasteiger partial charge in [0.25, 0.3) is 5.91 Å². The Hall–Kier alpha value is -4.71. The number of amides is 1. The van der Waals surface area contributed by atoms with Crippen LogP contribution in [0.5, 0.6) is 28.7 Å². The summed E-state index contributed by atoms with van der Waals surface area (Å²) in [5.41, 5.74) is 1.15. The van der Waals surface area contributed by atoms with Crippen molar-refractivity contribution >= 4 is 44.5 Å². The number of nitrogens with one attached hydrogen (secondary N) is 1. The number of hydrogen-bond donors (Lipinski definition) is 1. The molecule has 0 radical (unpaired) electrons. The highest BCUT2D eigenvalue weighted by atomic mass is 32.1. The fourth-order valence-electron chi connectivity index (χ4n) is 3.68. The number of carbonyl (C=O) groups is 2. The van der Waals surface area contributed by atoms with Crippen molar-refractivity contribution in [2.24, 2.45) is 0 Å². The number of aromatic nitrogens is 1. The molecule has 0 bridgehead atoms. The fourth-order valence-corrected chi connectivity index (χ4v) is 4.57. The highest BCUT2D eigenvalue weighted by molar-refractivity contribution is 7.22. The first kappa shape index (κ1) is 28.3. The number of thiazole rings is 1. The standard InChI is InChI=1S/C28H24F2N2O7S/c1-35-21-8-6-15(5-7-20(33)16-10-23(36-2)27(38-4)24(11-16)37-3)9-22(21)39-14-26(34)32-28-31-19-12-17(29)18(30)13-25(19)40-28/h5-13H,14H2,1-4H3,(H,31,32,34). The molecule has 0 saturated heterocycles. The first-order valence-electron chi connectivity index (χ1n) is 11.6. The molecule has 0 aliphatic carbocycles. The van der Waals surface area contributed by atoms with E-state index in [1.807, 2.05) is 0 Å². The second-order valence-corrected chi connectivity index (χ2v) is 9.14. The van der Waals surface area contributed by atoms with Gasteiger partial charge in [-0.2, -0.15) is 0 Å². The van der Waals surface area contributed by atoms with Gasteiger partial charge in [-0.25, -0.2) is 13.8 Å². The summed E-state index contributed by atoms with van der Waals surface area (Å²) in [5, 5.41) is 2.72. The molecule has 1 aromatic heterocycles. The average molecular weight is 571 g/mol. The van der Waals surface area contributed by atoms with Gasteiger partial charge in [0.2, 0.25) is 5.75 Å². The number of rotatable bonds is 11. The molecule has 1 amide bonds. The van der Waals surface area contributed by atoms with Gasteiger partial charge >= 0.3 is 0 Å². The third kappa shape index (κ3) is 6.29. The van der Waals surface area contributed by atoms with E-state index in [1.54, 1.807) is 36.4 Å². The summed E-state index contributed by atoms with van der Waals surface area (Å²) in [6.45, 7) is -0.396. The topological polar surface area (TPSA) is 105 Å². The molecule has 4 rings (SSSR count). The molecule has 9 nitrogen and oxygen atoms in total. The van der Waals surface area contributed by atoms with Crippen molar-refractivity contribution < 1.29 is 42.1 Å². The number of anilines is 1. The number of methoxy groups -OCH3 is 4. The van der Waals surface area contributed by atoms with Gasteiger partial charge in [-0.1, -0.05) is 23.5 Å². The quantitative estimate of drug-likeness (QED) is 0.186. The predicted molar refractivity (Wildman–Crippen MR) is 146 cm³/mol. The highest BCUT2D eigenvalue weighted by Gasteiger charge is 2.16. The molecule has 208 valence electrons. The van der Waals surface area contributed by atoms with Crippen LogP contribution in [0.2, 0.25) is 0 Å². The van der Waals surface area contributed by atoms with Crippen LogP contribution in [0.25, 0.3) is 16.3 Å². The molecule has 0 aliphatic rings. The minimum absolute atomic E-state index is 0.169. The largest absolute Gasteiger partial charge is 0.493 e. The minimum Gasteiger partial charge on any atom is -0.493 e. The van der Waals surface area contributed by atoms with E-state index in [0.29, 0.717) is 38.8 Å². The number of nitrogens with zero attached hydrogens (tertiary/aromatic N) is 1. The normalized spacial score (nSPS) is 10.9. The zero-order valence-corrected chi connectivity index (χ0v) is 22.7. The molecule has 0 saturated carbocycles. The Morgan fingerprint density at radius 3 is 2.20 bits per heavy atom. The summed E-state index contributed by atoms with van der Waals surface area (Å²) < 4.78 is 54.1. The summed E-state index contributed by atoms with van der Waals surface area (Å²) >= 11 is 1.00. The average Bonchev–Trinajstić information content (AvgIpc) is 3.34. The van der Waals surface area contributed by atoms with Crippen molar-refractivity contribution in [3.05, 3.63) is 71.3 Å². The first-order chi connectivity index (χ1) is 19.3. The first-order valence-corrected chi connectivity index (χ1v) is 12.5. The Labute approximate surface area is 231 Å². The molecule has 1 heterocycles. The van der Waals surface area contributed by atoms with E-state index >= 15 is 0 Å². The van der Waals surface area contributed by atoms with E-state index < -0.39 is 24.1 Å². The van der Waals surface area contributed by atoms with E-state index in [4.69, 9.17) is 23.7 Å². The number of fused-ring (bicyclic) bond motifs is 1. The maximum Gasteiger partial charge on any atom is 0.264 e. The van der Waals surface area contributed by atoms with Crippen molar-refractivity contribution in [2.75, 3.05) is 40.4 Å². The maximum atomic E-state index is 13.5. The Balaban J connectivity index is 1.45. The number of hydrogen-bond acceptors (Lipinski definition) is 9. The molecule has 0 spiro atoms. The Morgan fingerprint density at radius 1 is 0.875 bits per heavy atom. The van der Waals surface area contributed by atoms with Crippen molar-refractivity contribution in [1.29, 1.82) is 0 Å². The van der Waals surface area contributed by atoms with Crippen LogP contribution in [-0.4, -0.2) is 51.7 Å². The maximum absolute atomic E-state index is 13.5. The molecular weight excluding hydrogens is 546 g/mol. The van der Waals surface area contributed by atoms with Gasteiger partial charge in [-0.15, -0.1) is 0 Å². The molecule has 40 heavy (non-hydrogen) atoms. The van der Waals surface area contributed by atoms with Crippen molar-refractivity contribution in [1.82, 2.24) is 4.98 Å². The van der Waals surface area contributed by atoms with E-state index in [2.05, 4.69) is 10.3 Å². The Bertz CT molecular complexity index is 1540. The summed E-state index contributed by atoms with van der Waals surface area (Å²) in [7, 11) is 5.84. The molecule has 4 aromatic rings. The van der Waals surface area contributed by atoms with Gasteiger partial charge in [-0.3, -0.25) is 14.9 Å². The number of ketones is 1. The minimum atomic E-state index is -1.02. The molecule has 0 atom stereocenters. The van der Waals surface area contributed by atoms with Gasteiger partial charge in [0, 0.05) is 11.6 Å². The molecular formula is C28H24F2N2O7S. The number of halogens is 2. The third-order valence-electron chi connectivity index (χ3n) is 5.60. The molecule has 0 fully saturated rings. The molecule has 1 N–H and O–H groups in total. The fraction of sp³-hybridized carbons (Fsp3) is 0.179. The number of allylic oxidation sites excluding steroid dienone is 1. The summed E-state index contributed by atoms with van der Waals surface area (Å²) in [4.78, 5) is 29.4. The van der Waals surface area contributed by atoms with Crippen LogP contribution in [0.1, 0.15) is 15.9 Å². The number of carbonyl (C=O) groups excluding carboxylic acids is 2. The van der Waals surface area contributed by atoms with Crippen LogP contribution in [0.4, 0.5) is 13.9 Å². The summed E-state index contributed by atoms with van der Waals surface area (Å²) in [6.07, 6.45) is 2.95. The van der Waals surface area contributed by atoms with E-state index in [0.717, 1.165) is 23.5 Å². The van der Waals surface area contributed by atoms with Gasteiger partial charge < -0.3 is 23.7 Å². The summed E-state index contributed by atoms with van der Waals surface area (Å²) in [5.74, 6) is -1.18. The van der Waals surface area contributed by atoms with E-state index in [9.17, 15) is 18.4 Å². The Morgan fingerprint density at radius 2 is 1.55 bits per heavy atom. The van der Waals surface area contributed by atoms with Crippen molar-refractivity contribution in [3.8, 4) is 28.7 Å². The van der Waals surface area contributed by atoms with Gasteiger partial charge in [-0.05, 0) is 42.0 Å². The SMILES string of the molecule is COc1ccc(C=CC(=O)c2cc(OC)c(OC)c(OC)c2)cc1OCC(=O)Nc1nc2cc(F)c(F)cc2s1. The number of ether oxygens (including phenoxy) is 5. The van der Waals surface area contributed by atoms with Crippen molar-refractivity contribution in [3.63, 3.8) is 0 Å². The van der Waals surface area contributed by atoms with Gasteiger partial charge in [0.15, 0.2) is 52.2 Å². The van der Waals surface area contributed by atoms with Gasteiger partial charge in [0.1, 0.15) is 0 Å². The zero-order chi connectivity index (χ0) is 28.8. The Kier molecular flexibility index (Phi) is 8.80.